The summed E-state index contributed by atoms with van der Waals surface area (Å²) in [7, 11) is 0. The van der Waals surface area contributed by atoms with Gasteiger partial charge in [-0.15, -0.1) is 0 Å². The normalized spacial score (nSPS) is 13.8. The van der Waals surface area contributed by atoms with Gasteiger partial charge in [-0.2, -0.15) is 0 Å². The Kier molecular flexibility index (Phi) is 4.86. The van der Waals surface area contributed by atoms with Crippen LogP contribution in [0.25, 0.3) is 0 Å². The lowest BCUT2D eigenvalue weighted by molar-refractivity contribution is 0.0793. The van der Waals surface area contributed by atoms with E-state index in [4.69, 9.17) is 11.6 Å². The molecule has 1 saturated heterocycles. The molecule has 1 N–H and O–H groups in total. The van der Waals surface area contributed by atoms with E-state index in [1.807, 2.05) is 24.0 Å². The molecule has 1 aliphatic rings. The van der Waals surface area contributed by atoms with Crippen LogP contribution in [0.4, 0.5) is 5.69 Å². The first kappa shape index (κ1) is 16.5. The van der Waals surface area contributed by atoms with E-state index in [1.54, 1.807) is 30.3 Å². The van der Waals surface area contributed by atoms with Crippen molar-refractivity contribution in [2.75, 3.05) is 18.4 Å². The van der Waals surface area contributed by atoms with Crippen LogP contribution < -0.4 is 5.32 Å². The zero-order valence-electron chi connectivity index (χ0n) is 13.5. The number of carbonyl (C=O) groups excluding carboxylic acids is 2. The minimum atomic E-state index is -0.318. The lowest BCUT2D eigenvalue weighted by atomic mass is 10.0. The average Bonchev–Trinajstić information content (AvgIpc) is 3.09. The standard InChI is InChI=1S/C19H19ClN2O2/c1-13-7-6-10-16(17(13)19(24)22-11-4-5-12-22)21-18(23)14-8-2-3-9-15(14)20/h2-3,6-10H,4-5,11-12H2,1H3,(H,21,23). The number of likely N-dealkylation sites (tertiary alicyclic amines) is 1. The quantitative estimate of drug-likeness (QED) is 0.911. The van der Waals surface area contributed by atoms with Gasteiger partial charge in [0.1, 0.15) is 0 Å². The van der Waals surface area contributed by atoms with Crippen molar-refractivity contribution >= 4 is 29.1 Å². The zero-order chi connectivity index (χ0) is 17.1. The summed E-state index contributed by atoms with van der Waals surface area (Å²) >= 11 is 6.09. The molecular formula is C19H19ClN2O2. The van der Waals surface area contributed by atoms with E-state index in [0.29, 0.717) is 21.8 Å². The molecule has 2 aromatic carbocycles. The maximum Gasteiger partial charge on any atom is 0.257 e. The molecule has 4 nitrogen and oxygen atoms in total. The van der Waals surface area contributed by atoms with Gasteiger partial charge in [0.05, 0.1) is 21.8 Å². The lowest BCUT2D eigenvalue weighted by Gasteiger charge is -2.20. The molecule has 0 spiro atoms. The minimum Gasteiger partial charge on any atom is -0.339 e. The summed E-state index contributed by atoms with van der Waals surface area (Å²) in [6.45, 7) is 3.42. The van der Waals surface area contributed by atoms with Crippen molar-refractivity contribution in [3.8, 4) is 0 Å². The molecule has 0 aromatic heterocycles. The van der Waals surface area contributed by atoms with Gasteiger partial charge in [-0.25, -0.2) is 0 Å². The van der Waals surface area contributed by atoms with Crippen LogP contribution in [0.3, 0.4) is 0 Å². The minimum absolute atomic E-state index is 0.0277. The van der Waals surface area contributed by atoms with E-state index in [0.717, 1.165) is 31.5 Å². The van der Waals surface area contributed by atoms with Crippen LogP contribution >= 0.6 is 11.6 Å². The second-order valence-corrected chi connectivity index (χ2v) is 6.34. The Hall–Kier alpha value is -2.33. The van der Waals surface area contributed by atoms with E-state index in [1.165, 1.54) is 0 Å². The summed E-state index contributed by atoms with van der Waals surface area (Å²) < 4.78 is 0. The molecule has 24 heavy (non-hydrogen) atoms. The van der Waals surface area contributed by atoms with Gasteiger partial charge in [0.2, 0.25) is 0 Å². The number of hydrogen-bond acceptors (Lipinski definition) is 2. The van der Waals surface area contributed by atoms with Gasteiger partial charge >= 0.3 is 0 Å². The number of amides is 2. The zero-order valence-corrected chi connectivity index (χ0v) is 14.3. The number of anilines is 1. The number of nitrogens with zero attached hydrogens (tertiary/aromatic N) is 1. The molecule has 1 aliphatic heterocycles. The van der Waals surface area contributed by atoms with Crippen molar-refractivity contribution in [1.29, 1.82) is 0 Å². The number of nitrogens with one attached hydrogen (secondary N) is 1. The van der Waals surface area contributed by atoms with Crippen LogP contribution in [-0.2, 0) is 0 Å². The fourth-order valence-corrected chi connectivity index (χ4v) is 3.19. The van der Waals surface area contributed by atoms with Crippen molar-refractivity contribution in [1.82, 2.24) is 4.90 Å². The average molecular weight is 343 g/mol. The molecule has 5 heteroatoms. The maximum absolute atomic E-state index is 12.8. The van der Waals surface area contributed by atoms with Crippen LogP contribution in [0.2, 0.25) is 5.02 Å². The predicted octanol–water partition coefficient (Wildman–Crippen LogP) is 4.14. The molecule has 0 atom stereocenters. The molecule has 0 radical (unpaired) electrons. The Morgan fingerprint density at radius 3 is 2.46 bits per heavy atom. The van der Waals surface area contributed by atoms with Crippen LogP contribution in [0.15, 0.2) is 42.5 Å². The van der Waals surface area contributed by atoms with E-state index >= 15 is 0 Å². The first-order chi connectivity index (χ1) is 11.6. The summed E-state index contributed by atoms with van der Waals surface area (Å²) in [6, 6.07) is 12.3. The van der Waals surface area contributed by atoms with E-state index in [9.17, 15) is 9.59 Å². The highest BCUT2D eigenvalue weighted by atomic mass is 35.5. The van der Waals surface area contributed by atoms with Crippen molar-refractivity contribution in [2.45, 2.75) is 19.8 Å². The fourth-order valence-electron chi connectivity index (χ4n) is 2.97. The highest BCUT2D eigenvalue weighted by molar-refractivity contribution is 6.34. The summed E-state index contributed by atoms with van der Waals surface area (Å²) in [5, 5.41) is 3.23. The Balaban J connectivity index is 1.91. The molecule has 124 valence electrons. The second kappa shape index (κ2) is 7.05. The van der Waals surface area contributed by atoms with Gasteiger partial charge < -0.3 is 10.2 Å². The Morgan fingerprint density at radius 2 is 1.75 bits per heavy atom. The largest absolute Gasteiger partial charge is 0.339 e. The van der Waals surface area contributed by atoms with E-state index in [-0.39, 0.29) is 11.8 Å². The van der Waals surface area contributed by atoms with Gasteiger partial charge in [0, 0.05) is 13.1 Å². The lowest BCUT2D eigenvalue weighted by Crippen LogP contribution is -2.29. The molecule has 0 bridgehead atoms. The molecule has 0 unspecified atom stereocenters. The Morgan fingerprint density at radius 1 is 1.04 bits per heavy atom. The van der Waals surface area contributed by atoms with E-state index < -0.39 is 0 Å². The predicted molar refractivity (Wildman–Crippen MR) is 95.7 cm³/mol. The number of rotatable bonds is 3. The highest BCUT2D eigenvalue weighted by Crippen LogP contribution is 2.25. The molecule has 2 amide bonds. The number of benzene rings is 2. The van der Waals surface area contributed by atoms with Gasteiger partial charge in [0.15, 0.2) is 0 Å². The molecule has 1 fully saturated rings. The van der Waals surface area contributed by atoms with Gasteiger partial charge in [-0.1, -0.05) is 35.9 Å². The SMILES string of the molecule is Cc1cccc(NC(=O)c2ccccc2Cl)c1C(=O)N1CCCC1. The third-order valence-electron chi connectivity index (χ3n) is 4.25. The first-order valence-electron chi connectivity index (χ1n) is 8.02. The van der Waals surface area contributed by atoms with Gasteiger partial charge in [-0.3, -0.25) is 9.59 Å². The van der Waals surface area contributed by atoms with Crippen molar-refractivity contribution < 1.29 is 9.59 Å². The summed E-state index contributed by atoms with van der Waals surface area (Å²) in [6.07, 6.45) is 2.05. The van der Waals surface area contributed by atoms with Crippen LogP contribution in [0, 0.1) is 6.92 Å². The molecule has 0 saturated carbocycles. The summed E-state index contributed by atoms with van der Waals surface area (Å²) in [5.74, 6) is -0.346. The fraction of sp³-hybridized carbons (Fsp3) is 0.263. The van der Waals surface area contributed by atoms with Crippen LogP contribution in [0.1, 0.15) is 39.1 Å². The second-order valence-electron chi connectivity index (χ2n) is 5.93. The van der Waals surface area contributed by atoms with Crippen molar-refractivity contribution in [2.24, 2.45) is 0 Å². The molecule has 3 rings (SSSR count). The molecular weight excluding hydrogens is 324 g/mol. The third kappa shape index (κ3) is 3.29. The number of halogens is 1. The van der Waals surface area contributed by atoms with Crippen molar-refractivity contribution in [3.05, 3.63) is 64.2 Å². The van der Waals surface area contributed by atoms with Crippen molar-refractivity contribution in [3.63, 3.8) is 0 Å². The topological polar surface area (TPSA) is 49.4 Å². The first-order valence-corrected chi connectivity index (χ1v) is 8.40. The Labute approximate surface area is 146 Å². The third-order valence-corrected chi connectivity index (χ3v) is 4.58. The Bertz CT molecular complexity index is 783. The molecule has 0 aliphatic carbocycles. The molecule has 2 aromatic rings. The smallest absolute Gasteiger partial charge is 0.257 e. The number of aryl methyl sites for hydroxylation is 1. The maximum atomic E-state index is 12.8. The summed E-state index contributed by atoms with van der Waals surface area (Å²) in [4.78, 5) is 27.2. The van der Waals surface area contributed by atoms with Crippen LogP contribution in [0.5, 0.6) is 0 Å². The van der Waals surface area contributed by atoms with Gasteiger partial charge in [-0.05, 0) is 43.5 Å². The van der Waals surface area contributed by atoms with Crippen LogP contribution in [-0.4, -0.2) is 29.8 Å². The molecule has 1 heterocycles. The highest BCUT2D eigenvalue weighted by Gasteiger charge is 2.24. The summed E-state index contributed by atoms with van der Waals surface area (Å²) in [5.41, 5.74) is 2.32. The van der Waals surface area contributed by atoms with Gasteiger partial charge in [0.25, 0.3) is 11.8 Å². The number of carbonyl (C=O) groups is 2. The monoisotopic (exact) mass is 342 g/mol. The van der Waals surface area contributed by atoms with E-state index in [2.05, 4.69) is 5.32 Å². The number of hydrogen-bond donors (Lipinski definition) is 1.